The van der Waals surface area contributed by atoms with Crippen LogP contribution in [-0.2, 0) is 0 Å². The lowest BCUT2D eigenvalue weighted by molar-refractivity contribution is -0.838. The molecule has 2 aliphatic heterocycles. The molecule has 2 unspecified atom stereocenters. The van der Waals surface area contributed by atoms with Gasteiger partial charge in [0.25, 0.3) is 0 Å². The van der Waals surface area contributed by atoms with Crippen molar-refractivity contribution in [3.05, 3.63) is 41.0 Å². The number of rotatable bonds is 9. The van der Waals surface area contributed by atoms with Crippen LogP contribution >= 0.6 is 12.1 Å². The third-order valence-corrected chi connectivity index (χ3v) is 5.68. The molecule has 1 aromatic rings. The molecule has 0 radical (unpaired) electrons. The Labute approximate surface area is 166 Å². The van der Waals surface area contributed by atoms with Crippen LogP contribution in [0.1, 0.15) is 32.6 Å². The molecule has 0 aromatic heterocycles. The zero-order chi connectivity index (χ0) is 19.2. The molecule has 8 heteroatoms. The number of hydroxylamine groups is 2. The number of methoxy groups -OCH3 is 1. The predicted molar refractivity (Wildman–Crippen MR) is 108 cm³/mol. The van der Waals surface area contributed by atoms with Gasteiger partial charge in [-0.3, -0.25) is 4.31 Å². The molecule has 0 saturated carbocycles. The minimum Gasteiger partial charge on any atom is -0.626 e. The van der Waals surface area contributed by atoms with E-state index in [0.29, 0.717) is 6.61 Å². The van der Waals surface area contributed by atoms with Gasteiger partial charge in [0.05, 0.1) is 20.3 Å². The Morgan fingerprint density at radius 3 is 2.70 bits per heavy atom. The van der Waals surface area contributed by atoms with Gasteiger partial charge in [0, 0.05) is 25.1 Å². The van der Waals surface area contributed by atoms with Crippen molar-refractivity contribution in [2.75, 3.05) is 33.9 Å². The molecule has 27 heavy (non-hydrogen) atoms. The number of benzene rings is 1. The Hall–Kier alpha value is -1.61. The molecule has 2 atom stereocenters. The van der Waals surface area contributed by atoms with Crippen molar-refractivity contribution in [1.82, 2.24) is 13.9 Å². The quantitative estimate of drug-likeness (QED) is 0.377. The van der Waals surface area contributed by atoms with E-state index in [1.165, 1.54) is 0 Å². The highest BCUT2D eigenvalue weighted by molar-refractivity contribution is 7.94. The summed E-state index contributed by atoms with van der Waals surface area (Å²) < 4.78 is 15.3. The van der Waals surface area contributed by atoms with Crippen molar-refractivity contribution in [3.8, 4) is 11.5 Å². The van der Waals surface area contributed by atoms with Gasteiger partial charge in [-0.2, -0.15) is 0 Å². The monoisotopic (exact) mass is 394 g/mol. The fraction of sp³-hybridized carbons (Fsp3) is 0.579. The Morgan fingerprint density at radius 1 is 1.26 bits per heavy atom. The molecule has 0 fully saturated rings. The number of likely N-dealkylation sites (N-methyl/N-ethyl adjacent to an activating group) is 1. The molecule has 0 amide bonds. The number of nitrogens with zero attached hydrogens (tertiary/aromatic N) is 2. The van der Waals surface area contributed by atoms with Gasteiger partial charge in [-0.25, -0.2) is 4.31 Å². The molecule has 0 aliphatic carbocycles. The first-order chi connectivity index (χ1) is 13.1. The van der Waals surface area contributed by atoms with E-state index in [2.05, 4.69) is 27.9 Å². The van der Waals surface area contributed by atoms with Gasteiger partial charge < -0.3 is 25.1 Å². The highest BCUT2D eigenvalue weighted by Crippen LogP contribution is 2.28. The SMILES string of the molecule is CCCC1NC2=C(N(CCCCOc3ccc(OC)cc3)SN(C)C2)[NH+]1[O-]. The van der Waals surface area contributed by atoms with E-state index < -0.39 is 0 Å². The molecular formula is C19H30N4O3S. The van der Waals surface area contributed by atoms with E-state index in [-0.39, 0.29) is 11.2 Å². The summed E-state index contributed by atoms with van der Waals surface area (Å²) in [6.45, 7) is 4.42. The standard InChI is InChI=1S/C19H30N4O3S/c1-4-7-18-20-17-14-21(2)27-22(19(17)23(18)24)12-5-6-13-26-16-10-8-15(25-3)9-11-16/h8-11,18,20,23H,4-7,12-14H2,1-3H3. The van der Waals surface area contributed by atoms with Crippen LogP contribution in [0.25, 0.3) is 0 Å². The molecule has 2 N–H and O–H groups in total. The average molecular weight is 395 g/mol. The summed E-state index contributed by atoms with van der Waals surface area (Å²) >= 11 is 1.64. The second-order valence-electron chi connectivity index (χ2n) is 6.88. The summed E-state index contributed by atoms with van der Waals surface area (Å²) in [6, 6.07) is 7.63. The van der Waals surface area contributed by atoms with E-state index in [1.54, 1.807) is 19.2 Å². The van der Waals surface area contributed by atoms with Gasteiger partial charge in [0.15, 0.2) is 6.17 Å². The van der Waals surface area contributed by atoms with E-state index in [9.17, 15) is 5.21 Å². The summed E-state index contributed by atoms with van der Waals surface area (Å²) in [5, 5.41) is 16.4. The molecule has 150 valence electrons. The van der Waals surface area contributed by atoms with Crippen molar-refractivity contribution in [2.45, 2.75) is 38.8 Å². The maximum atomic E-state index is 12.7. The maximum Gasteiger partial charge on any atom is 0.236 e. The summed E-state index contributed by atoms with van der Waals surface area (Å²) in [5.74, 6) is 2.56. The lowest BCUT2D eigenvalue weighted by atomic mass is 10.3. The van der Waals surface area contributed by atoms with Gasteiger partial charge in [0.1, 0.15) is 17.2 Å². The molecular weight excluding hydrogens is 364 g/mol. The van der Waals surface area contributed by atoms with Crippen LogP contribution < -0.4 is 19.9 Å². The van der Waals surface area contributed by atoms with Crippen LogP contribution in [0.5, 0.6) is 11.5 Å². The van der Waals surface area contributed by atoms with Crippen molar-refractivity contribution in [3.63, 3.8) is 0 Å². The van der Waals surface area contributed by atoms with Crippen LogP contribution in [0.3, 0.4) is 0 Å². The Bertz CT molecular complexity index is 640. The van der Waals surface area contributed by atoms with Gasteiger partial charge in [-0.15, -0.1) is 0 Å². The fourth-order valence-electron chi connectivity index (χ4n) is 3.38. The lowest BCUT2D eigenvalue weighted by Crippen LogP contribution is -3.10. The first-order valence-corrected chi connectivity index (χ1v) is 10.3. The summed E-state index contributed by atoms with van der Waals surface area (Å²) in [4.78, 5) is 0. The van der Waals surface area contributed by atoms with Crippen LogP contribution in [0.2, 0.25) is 0 Å². The maximum absolute atomic E-state index is 12.7. The molecule has 0 bridgehead atoms. The minimum atomic E-state index is -0.0481. The van der Waals surface area contributed by atoms with Gasteiger partial charge in [0.2, 0.25) is 5.82 Å². The van der Waals surface area contributed by atoms with Crippen molar-refractivity contribution in [2.24, 2.45) is 0 Å². The molecule has 1 aromatic carbocycles. The number of ether oxygens (including phenoxy) is 2. The highest BCUT2D eigenvalue weighted by atomic mass is 32.2. The van der Waals surface area contributed by atoms with Crippen LogP contribution in [0.4, 0.5) is 0 Å². The Morgan fingerprint density at radius 2 is 2.00 bits per heavy atom. The molecule has 0 saturated heterocycles. The van der Waals surface area contributed by atoms with Crippen LogP contribution in [0, 0.1) is 5.21 Å². The van der Waals surface area contributed by atoms with Crippen LogP contribution in [0.15, 0.2) is 35.8 Å². The summed E-state index contributed by atoms with van der Waals surface area (Å²) in [6.07, 6.45) is 3.77. The minimum absolute atomic E-state index is 0.0481. The largest absolute Gasteiger partial charge is 0.626 e. The van der Waals surface area contributed by atoms with E-state index in [4.69, 9.17) is 9.47 Å². The number of hydrogen-bond acceptors (Lipinski definition) is 7. The summed E-state index contributed by atoms with van der Waals surface area (Å²) in [5.41, 5.74) is 1.08. The number of unbranched alkanes of at least 4 members (excludes halogenated alkanes) is 1. The second kappa shape index (κ2) is 9.54. The molecule has 2 heterocycles. The third kappa shape index (κ3) is 5.01. The topological polar surface area (TPSA) is 64.5 Å². The van der Waals surface area contributed by atoms with Gasteiger partial charge in [-0.05, 0) is 50.6 Å². The van der Waals surface area contributed by atoms with E-state index in [0.717, 1.165) is 61.8 Å². The number of quaternary nitrogens is 1. The molecule has 3 rings (SSSR count). The average Bonchev–Trinajstić information content (AvgIpc) is 2.97. The first kappa shape index (κ1) is 20.1. The smallest absolute Gasteiger partial charge is 0.236 e. The normalized spacial score (nSPS) is 22.6. The molecule has 0 spiro atoms. The zero-order valence-corrected chi connectivity index (χ0v) is 17.2. The Kier molecular flexibility index (Phi) is 7.12. The van der Waals surface area contributed by atoms with Crippen molar-refractivity contribution >= 4 is 12.1 Å². The zero-order valence-electron chi connectivity index (χ0n) is 16.4. The van der Waals surface area contributed by atoms with Crippen molar-refractivity contribution in [1.29, 1.82) is 0 Å². The lowest BCUT2D eigenvalue weighted by Gasteiger charge is -2.35. The van der Waals surface area contributed by atoms with E-state index >= 15 is 0 Å². The summed E-state index contributed by atoms with van der Waals surface area (Å²) in [7, 11) is 3.72. The van der Waals surface area contributed by atoms with Gasteiger partial charge in [-0.1, -0.05) is 6.92 Å². The third-order valence-electron chi connectivity index (χ3n) is 4.71. The molecule has 2 aliphatic rings. The number of hydrogen-bond donors (Lipinski definition) is 2. The first-order valence-electron chi connectivity index (χ1n) is 9.60. The Balaban J connectivity index is 1.46. The number of nitrogens with one attached hydrogen (secondary N) is 2. The van der Waals surface area contributed by atoms with Crippen molar-refractivity contribution < 1.29 is 14.5 Å². The second-order valence-corrected chi connectivity index (χ2v) is 8.11. The molecule has 7 nitrogen and oxygen atoms in total. The predicted octanol–water partition coefficient (Wildman–Crippen LogP) is 1.95. The van der Waals surface area contributed by atoms with Gasteiger partial charge >= 0.3 is 0 Å². The van der Waals surface area contributed by atoms with Crippen LogP contribution in [-0.4, -0.2) is 48.6 Å². The fourth-order valence-corrected chi connectivity index (χ4v) is 4.39. The highest BCUT2D eigenvalue weighted by Gasteiger charge is 2.38. The van der Waals surface area contributed by atoms with E-state index in [1.807, 2.05) is 24.3 Å².